The number of aliphatic hydroxyl groups is 1. The quantitative estimate of drug-likeness (QED) is 0.681. The molecule has 0 saturated heterocycles. The van der Waals surface area contributed by atoms with Crippen molar-refractivity contribution in [2.24, 2.45) is 11.7 Å². The van der Waals surface area contributed by atoms with Gasteiger partial charge in [0.1, 0.15) is 12.1 Å². The Labute approximate surface area is 90.8 Å². The lowest BCUT2D eigenvalue weighted by Gasteiger charge is -2.30. The van der Waals surface area contributed by atoms with Crippen molar-refractivity contribution < 1.29 is 14.6 Å². The molecule has 1 fully saturated rings. The van der Waals surface area contributed by atoms with Crippen molar-refractivity contribution in [1.82, 2.24) is 0 Å². The fraction of sp³-hybridized carbons (Fsp3) is 0.909. The number of hydrogen-bond donors (Lipinski definition) is 2. The van der Waals surface area contributed by atoms with Crippen LogP contribution in [0.1, 0.15) is 39.0 Å². The van der Waals surface area contributed by atoms with Crippen LogP contribution in [0.25, 0.3) is 0 Å². The molecule has 3 atom stereocenters. The SMILES string of the molecule is CCC1CCCCC1OC(=O)C(N)CO. The van der Waals surface area contributed by atoms with E-state index in [1.165, 1.54) is 6.42 Å². The number of ether oxygens (including phenoxy) is 1. The highest BCUT2D eigenvalue weighted by Gasteiger charge is 2.28. The van der Waals surface area contributed by atoms with Gasteiger partial charge in [-0.05, 0) is 31.6 Å². The molecule has 0 radical (unpaired) electrons. The monoisotopic (exact) mass is 215 g/mol. The summed E-state index contributed by atoms with van der Waals surface area (Å²) in [6.07, 6.45) is 5.44. The van der Waals surface area contributed by atoms with Gasteiger partial charge in [-0.25, -0.2) is 0 Å². The summed E-state index contributed by atoms with van der Waals surface area (Å²) in [4.78, 5) is 11.4. The van der Waals surface area contributed by atoms with Crippen molar-refractivity contribution in [1.29, 1.82) is 0 Å². The smallest absolute Gasteiger partial charge is 0.325 e. The fourth-order valence-electron chi connectivity index (χ4n) is 2.11. The molecule has 0 spiro atoms. The summed E-state index contributed by atoms with van der Waals surface area (Å²) in [5.41, 5.74) is 5.40. The maximum atomic E-state index is 11.4. The normalized spacial score (nSPS) is 28.5. The molecule has 1 saturated carbocycles. The van der Waals surface area contributed by atoms with E-state index in [4.69, 9.17) is 15.6 Å². The second kappa shape index (κ2) is 6.08. The molecule has 1 aliphatic carbocycles. The van der Waals surface area contributed by atoms with E-state index in [2.05, 4.69) is 6.92 Å². The molecule has 4 nitrogen and oxygen atoms in total. The van der Waals surface area contributed by atoms with E-state index in [1.54, 1.807) is 0 Å². The first kappa shape index (κ1) is 12.5. The van der Waals surface area contributed by atoms with Crippen LogP contribution in [0.2, 0.25) is 0 Å². The lowest BCUT2D eigenvalue weighted by atomic mass is 9.85. The minimum atomic E-state index is -0.885. The van der Waals surface area contributed by atoms with Crippen molar-refractivity contribution >= 4 is 5.97 Å². The van der Waals surface area contributed by atoms with E-state index in [9.17, 15) is 4.79 Å². The molecule has 0 bridgehead atoms. The van der Waals surface area contributed by atoms with E-state index in [0.29, 0.717) is 5.92 Å². The second-order valence-corrected chi connectivity index (χ2v) is 4.22. The number of carbonyl (C=O) groups excluding carboxylic acids is 1. The highest BCUT2D eigenvalue weighted by Crippen LogP contribution is 2.29. The molecular formula is C11H21NO3. The van der Waals surface area contributed by atoms with Gasteiger partial charge in [-0.15, -0.1) is 0 Å². The first-order valence-corrected chi connectivity index (χ1v) is 5.76. The molecule has 0 aromatic heterocycles. The molecule has 0 aromatic carbocycles. The summed E-state index contributed by atoms with van der Waals surface area (Å²) in [6.45, 7) is 1.77. The standard InChI is InChI=1S/C11H21NO3/c1-2-8-5-3-4-6-10(8)15-11(14)9(12)7-13/h8-10,13H,2-7,12H2,1H3. The minimum absolute atomic E-state index is 0.00819. The van der Waals surface area contributed by atoms with Crippen LogP contribution < -0.4 is 5.73 Å². The van der Waals surface area contributed by atoms with Gasteiger partial charge in [-0.2, -0.15) is 0 Å². The molecule has 1 rings (SSSR count). The molecule has 4 heteroatoms. The summed E-state index contributed by atoms with van der Waals surface area (Å²) in [6, 6.07) is -0.885. The van der Waals surface area contributed by atoms with Crippen LogP contribution in [0.15, 0.2) is 0 Å². The fourth-order valence-corrected chi connectivity index (χ4v) is 2.11. The maximum Gasteiger partial charge on any atom is 0.325 e. The van der Waals surface area contributed by atoms with Gasteiger partial charge in [0.25, 0.3) is 0 Å². The topological polar surface area (TPSA) is 72.5 Å². The Morgan fingerprint density at radius 1 is 1.53 bits per heavy atom. The van der Waals surface area contributed by atoms with Crippen molar-refractivity contribution in [3.63, 3.8) is 0 Å². The van der Waals surface area contributed by atoms with Crippen LogP contribution >= 0.6 is 0 Å². The zero-order valence-electron chi connectivity index (χ0n) is 9.32. The third kappa shape index (κ3) is 3.47. The van der Waals surface area contributed by atoms with Crippen LogP contribution in [0.4, 0.5) is 0 Å². The highest BCUT2D eigenvalue weighted by molar-refractivity contribution is 5.75. The van der Waals surface area contributed by atoms with Crippen molar-refractivity contribution in [3.05, 3.63) is 0 Å². The molecule has 3 N–H and O–H groups in total. The van der Waals surface area contributed by atoms with Gasteiger partial charge in [0.15, 0.2) is 0 Å². The van der Waals surface area contributed by atoms with Crippen LogP contribution in [0, 0.1) is 5.92 Å². The van der Waals surface area contributed by atoms with Crippen LogP contribution in [-0.2, 0) is 9.53 Å². The third-order valence-electron chi connectivity index (χ3n) is 3.13. The lowest BCUT2D eigenvalue weighted by Crippen LogP contribution is -2.40. The summed E-state index contributed by atoms with van der Waals surface area (Å²) in [5.74, 6) is -0.00329. The maximum absolute atomic E-state index is 11.4. The average molecular weight is 215 g/mol. The molecule has 0 amide bonds. The van der Waals surface area contributed by atoms with E-state index in [0.717, 1.165) is 25.7 Å². The van der Waals surface area contributed by atoms with Gasteiger partial charge in [0, 0.05) is 0 Å². The zero-order chi connectivity index (χ0) is 11.3. The first-order valence-electron chi connectivity index (χ1n) is 5.76. The summed E-state index contributed by atoms with van der Waals surface area (Å²) >= 11 is 0. The molecule has 0 aromatic rings. The van der Waals surface area contributed by atoms with E-state index >= 15 is 0 Å². The van der Waals surface area contributed by atoms with E-state index < -0.39 is 12.0 Å². The molecule has 3 unspecified atom stereocenters. The molecular weight excluding hydrogens is 194 g/mol. The van der Waals surface area contributed by atoms with Crippen molar-refractivity contribution in [2.45, 2.75) is 51.2 Å². The average Bonchev–Trinajstić information content (AvgIpc) is 2.28. The summed E-state index contributed by atoms with van der Waals surface area (Å²) < 4.78 is 5.32. The number of carbonyl (C=O) groups is 1. The molecule has 0 heterocycles. The first-order chi connectivity index (χ1) is 7.19. The van der Waals surface area contributed by atoms with Gasteiger partial charge in [0.05, 0.1) is 6.61 Å². The number of nitrogens with two attached hydrogens (primary N) is 1. The summed E-state index contributed by atoms with van der Waals surface area (Å²) in [7, 11) is 0. The van der Waals surface area contributed by atoms with Crippen LogP contribution in [0.3, 0.4) is 0 Å². The van der Waals surface area contributed by atoms with Gasteiger partial charge < -0.3 is 15.6 Å². The Hall–Kier alpha value is -0.610. The van der Waals surface area contributed by atoms with Gasteiger partial charge in [-0.1, -0.05) is 13.3 Å². The lowest BCUT2D eigenvalue weighted by molar-refractivity contribution is -0.156. The predicted octanol–water partition coefficient (Wildman–Crippen LogP) is 0.818. The number of aliphatic hydroxyl groups excluding tert-OH is 1. The van der Waals surface area contributed by atoms with Crippen molar-refractivity contribution in [3.8, 4) is 0 Å². The molecule has 15 heavy (non-hydrogen) atoms. The predicted molar refractivity (Wildman–Crippen MR) is 57.2 cm³/mol. The largest absolute Gasteiger partial charge is 0.461 e. The highest BCUT2D eigenvalue weighted by atomic mass is 16.5. The number of hydrogen-bond acceptors (Lipinski definition) is 4. The third-order valence-corrected chi connectivity index (χ3v) is 3.13. The van der Waals surface area contributed by atoms with Gasteiger partial charge in [-0.3, -0.25) is 4.79 Å². The van der Waals surface area contributed by atoms with Gasteiger partial charge >= 0.3 is 5.97 Å². The molecule has 0 aliphatic heterocycles. The number of esters is 1. The molecule has 1 aliphatic rings. The van der Waals surface area contributed by atoms with E-state index in [1.807, 2.05) is 0 Å². The molecule has 88 valence electrons. The van der Waals surface area contributed by atoms with E-state index in [-0.39, 0.29) is 12.7 Å². The Balaban J connectivity index is 2.44. The Kier molecular flexibility index (Phi) is 5.05. The zero-order valence-corrected chi connectivity index (χ0v) is 9.32. The van der Waals surface area contributed by atoms with Crippen molar-refractivity contribution in [2.75, 3.05) is 6.61 Å². The minimum Gasteiger partial charge on any atom is -0.461 e. The second-order valence-electron chi connectivity index (χ2n) is 4.22. The van der Waals surface area contributed by atoms with Crippen LogP contribution in [0.5, 0.6) is 0 Å². The summed E-state index contributed by atoms with van der Waals surface area (Å²) in [5, 5.41) is 8.73. The Morgan fingerprint density at radius 3 is 2.80 bits per heavy atom. The Morgan fingerprint density at radius 2 is 2.20 bits per heavy atom. The number of rotatable bonds is 4. The Bertz CT molecular complexity index is 208. The van der Waals surface area contributed by atoms with Gasteiger partial charge in [0.2, 0.25) is 0 Å². The van der Waals surface area contributed by atoms with Crippen LogP contribution in [-0.4, -0.2) is 29.8 Å².